The van der Waals surface area contributed by atoms with Gasteiger partial charge in [0.15, 0.2) is 5.78 Å². The molecule has 0 amide bonds. The Morgan fingerprint density at radius 1 is 1.22 bits per heavy atom. The molecule has 0 aromatic heterocycles. The Balaban J connectivity index is 4.30. The molecule has 0 spiro atoms. The van der Waals surface area contributed by atoms with Crippen LogP contribution in [0.1, 0.15) is 40.0 Å². The van der Waals surface area contributed by atoms with E-state index in [1.807, 2.05) is 18.7 Å². The molecule has 5 nitrogen and oxygen atoms in total. The van der Waals surface area contributed by atoms with E-state index in [0.29, 0.717) is 13.2 Å². The van der Waals surface area contributed by atoms with Gasteiger partial charge in [-0.1, -0.05) is 13.8 Å². The fourth-order valence-corrected chi connectivity index (χ4v) is 1.98. The highest BCUT2D eigenvalue weighted by Gasteiger charge is 2.19. The van der Waals surface area contributed by atoms with Gasteiger partial charge in [-0.2, -0.15) is 0 Å². The zero-order valence-corrected chi connectivity index (χ0v) is 11.6. The third-order valence-electron chi connectivity index (χ3n) is 2.87. The first-order chi connectivity index (χ1) is 8.58. The van der Waals surface area contributed by atoms with Gasteiger partial charge in [-0.25, -0.2) is 0 Å². The quantitative estimate of drug-likeness (QED) is 0.468. The summed E-state index contributed by atoms with van der Waals surface area (Å²) >= 11 is 0. The number of ketones is 1. The number of rotatable bonds is 10. The van der Waals surface area contributed by atoms with Crippen LogP contribution in [0.4, 0.5) is 0 Å². The van der Waals surface area contributed by atoms with Crippen molar-refractivity contribution in [3.8, 4) is 0 Å². The molecular weight excluding hydrogens is 234 g/mol. The molecule has 0 aliphatic rings. The Morgan fingerprint density at radius 2 is 1.83 bits per heavy atom. The molecule has 0 unspecified atom stereocenters. The third kappa shape index (κ3) is 6.71. The largest absolute Gasteiger partial charge is 0.466 e. The molecule has 0 atom stereocenters. The Hall–Kier alpha value is -0.940. The summed E-state index contributed by atoms with van der Waals surface area (Å²) in [4.78, 5) is 24.8. The number of hydrogen-bond donors (Lipinski definition) is 1. The number of ether oxygens (including phenoxy) is 1. The van der Waals surface area contributed by atoms with Gasteiger partial charge in [0.05, 0.1) is 19.8 Å². The van der Waals surface area contributed by atoms with E-state index in [0.717, 1.165) is 12.8 Å². The first kappa shape index (κ1) is 17.1. The van der Waals surface area contributed by atoms with Crippen molar-refractivity contribution in [2.24, 2.45) is 0 Å². The van der Waals surface area contributed by atoms with E-state index in [-0.39, 0.29) is 31.4 Å². The van der Waals surface area contributed by atoms with E-state index >= 15 is 0 Å². The van der Waals surface area contributed by atoms with Gasteiger partial charge in [-0.15, -0.1) is 0 Å². The summed E-state index contributed by atoms with van der Waals surface area (Å²) in [6.07, 6.45) is 1.66. The van der Waals surface area contributed by atoms with Crippen LogP contribution in [0.25, 0.3) is 0 Å². The Morgan fingerprint density at radius 3 is 2.28 bits per heavy atom. The van der Waals surface area contributed by atoms with Crippen molar-refractivity contribution in [3.05, 3.63) is 0 Å². The van der Waals surface area contributed by atoms with Crippen LogP contribution in [0.15, 0.2) is 0 Å². The monoisotopic (exact) mass is 259 g/mol. The summed E-state index contributed by atoms with van der Waals surface area (Å²) in [7, 11) is 0. The van der Waals surface area contributed by atoms with Crippen LogP contribution in [0.3, 0.4) is 0 Å². The van der Waals surface area contributed by atoms with Crippen LogP contribution in [-0.4, -0.2) is 54.1 Å². The summed E-state index contributed by atoms with van der Waals surface area (Å²) < 4.78 is 4.74. The van der Waals surface area contributed by atoms with E-state index in [2.05, 4.69) is 0 Å². The lowest BCUT2D eigenvalue weighted by Gasteiger charge is -2.28. The summed E-state index contributed by atoms with van der Waals surface area (Å²) in [6.45, 7) is 6.78. The molecule has 18 heavy (non-hydrogen) atoms. The Kier molecular flexibility index (Phi) is 9.50. The third-order valence-corrected chi connectivity index (χ3v) is 2.87. The lowest BCUT2D eigenvalue weighted by atomic mass is 10.1. The van der Waals surface area contributed by atoms with E-state index < -0.39 is 5.97 Å². The lowest BCUT2D eigenvalue weighted by molar-refractivity contribution is -0.145. The molecule has 0 heterocycles. The highest BCUT2D eigenvalue weighted by Crippen LogP contribution is 2.08. The summed E-state index contributed by atoms with van der Waals surface area (Å²) in [5.41, 5.74) is 0. The maximum absolute atomic E-state index is 11.7. The smallest absolute Gasteiger partial charge is 0.313 e. The fraction of sp³-hybridized carbons (Fsp3) is 0.846. The van der Waals surface area contributed by atoms with Gasteiger partial charge in [-0.3, -0.25) is 14.5 Å². The molecule has 0 aliphatic heterocycles. The molecule has 0 saturated carbocycles. The number of nitrogens with zero attached hydrogens (tertiary/aromatic N) is 1. The molecule has 0 aromatic rings. The first-order valence-corrected chi connectivity index (χ1v) is 6.61. The summed E-state index contributed by atoms with van der Waals surface area (Å²) in [6, 6.07) is 0.267. The first-order valence-electron chi connectivity index (χ1n) is 6.61. The molecule has 0 aliphatic carbocycles. The minimum Gasteiger partial charge on any atom is -0.466 e. The molecule has 0 radical (unpaired) electrons. The van der Waals surface area contributed by atoms with E-state index in [1.165, 1.54) is 0 Å². The van der Waals surface area contributed by atoms with Crippen LogP contribution >= 0.6 is 0 Å². The second kappa shape index (κ2) is 10.0. The van der Waals surface area contributed by atoms with Gasteiger partial charge in [-0.05, 0) is 19.8 Å². The van der Waals surface area contributed by atoms with Crippen LogP contribution in [0.5, 0.6) is 0 Å². The number of hydrogen-bond acceptors (Lipinski definition) is 5. The highest BCUT2D eigenvalue weighted by atomic mass is 16.5. The minimum absolute atomic E-state index is 0.0171. The average molecular weight is 259 g/mol. The molecule has 0 saturated heterocycles. The number of Topliss-reactive ketones (excluding diaryl/α,β-unsaturated/α-hetero) is 1. The van der Waals surface area contributed by atoms with Crippen LogP contribution in [0.2, 0.25) is 0 Å². The van der Waals surface area contributed by atoms with Gasteiger partial charge < -0.3 is 9.84 Å². The normalized spacial score (nSPS) is 11.0. The van der Waals surface area contributed by atoms with Crippen LogP contribution in [0, 0.1) is 0 Å². The van der Waals surface area contributed by atoms with Crippen LogP contribution < -0.4 is 0 Å². The molecule has 0 rings (SSSR count). The van der Waals surface area contributed by atoms with Crippen molar-refractivity contribution in [3.63, 3.8) is 0 Å². The van der Waals surface area contributed by atoms with Crippen LogP contribution in [-0.2, 0) is 14.3 Å². The van der Waals surface area contributed by atoms with Crippen molar-refractivity contribution in [2.45, 2.75) is 46.1 Å². The average Bonchev–Trinajstić information content (AvgIpc) is 2.30. The molecule has 0 aromatic carbocycles. The predicted molar refractivity (Wildman–Crippen MR) is 69.3 cm³/mol. The molecule has 1 N–H and O–H groups in total. The minimum atomic E-state index is -0.476. The second-order valence-corrected chi connectivity index (χ2v) is 4.18. The van der Waals surface area contributed by atoms with Crippen molar-refractivity contribution < 1.29 is 19.4 Å². The van der Waals surface area contributed by atoms with Crippen molar-refractivity contribution in [1.29, 1.82) is 0 Å². The molecule has 0 fully saturated rings. The number of carbonyl (C=O) groups excluding carboxylic acids is 2. The second-order valence-electron chi connectivity index (χ2n) is 4.18. The number of esters is 1. The fourth-order valence-electron chi connectivity index (χ4n) is 1.98. The summed E-state index contributed by atoms with van der Waals surface area (Å²) in [5, 5.41) is 9.01. The number of carbonyl (C=O) groups is 2. The van der Waals surface area contributed by atoms with Gasteiger partial charge in [0.25, 0.3) is 0 Å². The van der Waals surface area contributed by atoms with Crippen molar-refractivity contribution in [1.82, 2.24) is 4.90 Å². The van der Waals surface area contributed by atoms with E-state index in [9.17, 15) is 9.59 Å². The standard InChI is InChI=1S/C13H25NO4/c1-4-11(5-2)14(7-8-15)10-12(16)9-13(17)18-6-3/h11,15H,4-10H2,1-3H3. The summed E-state index contributed by atoms with van der Waals surface area (Å²) in [5.74, 6) is -0.634. The Labute approximate surface area is 109 Å². The van der Waals surface area contributed by atoms with E-state index in [1.54, 1.807) is 6.92 Å². The van der Waals surface area contributed by atoms with Gasteiger partial charge >= 0.3 is 5.97 Å². The number of aliphatic hydroxyl groups excluding tert-OH is 1. The zero-order chi connectivity index (χ0) is 14.0. The zero-order valence-electron chi connectivity index (χ0n) is 11.6. The predicted octanol–water partition coefficient (Wildman–Crippen LogP) is 0.992. The molecular formula is C13H25NO4. The molecule has 0 bridgehead atoms. The highest BCUT2D eigenvalue weighted by molar-refractivity contribution is 5.96. The Bertz CT molecular complexity index is 251. The maximum atomic E-state index is 11.7. The lowest BCUT2D eigenvalue weighted by Crippen LogP contribution is -2.40. The van der Waals surface area contributed by atoms with Crippen molar-refractivity contribution in [2.75, 3.05) is 26.3 Å². The maximum Gasteiger partial charge on any atom is 0.313 e. The molecule has 5 heteroatoms. The molecule has 106 valence electrons. The topological polar surface area (TPSA) is 66.8 Å². The van der Waals surface area contributed by atoms with Gasteiger partial charge in [0.1, 0.15) is 6.42 Å². The van der Waals surface area contributed by atoms with Crippen molar-refractivity contribution >= 4 is 11.8 Å². The number of aliphatic hydroxyl groups is 1. The van der Waals surface area contributed by atoms with Gasteiger partial charge in [0, 0.05) is 12.6 Å². The van der Waals surface area contributed by atoms with Gasteiger partial charge in [0.2, 0.25) is 0 Å². The van der Waals surface area contributed by atoms with E-state index in [4.69, 9.17) is 9.84 Å². The SMILES string of the molecule is CCOC(=O)CC(=O)CN(CCO)C(CC)CC.